The van der Waals surface area contributed by atoms with Gasteiger partial charge in [-0.05, 0) is 55.3 Å². The molecule has 0 saturated heterocycles. The van der Waals surface area contributed by atoms with E-state index in [4.69, 9.17) is 4.42 Å². The van der Waals surface area contributed by atoms with Gasteiger partial charge in [0.1, 0.15) is 11.5 Å². The van der Waals surface area contributed by atoms with Crippen LogP contribution in [0.4, 0.5) is 5.69 Å². The van der Waals surface area contributed by atoms with Gasteiger partial charge in [0.05, 0.1) is 10.0 Å². The van der Waals surface area contributed by atoms with E-state index < -0.39 is 0 Å². The Bertz CT molecular complexity index is 673. The Labute approximate surface area is 127 Å². The van der Waals surface area contributed by atoms with Gasteiger partial charge in [-0.3, -0.25) is 4.79 Å². The van der Waals surface area contributed by atoms with E-state index in [0.29, 0.717) is 11.3 Å². The summed E-state index contributed by atoms with van der Waals surface area (Å²) >= 11 is 3.43. The first kappa shape index (κ1) is 14.9. The van der Waals surface area contributed by atoms with Crippen LogP contribution in [0.2, 0.25) is 0 Å². The number of furan rings is 1. The molecule has 106 valence electrons. The number of halogens is 1. The Morgan fingerprint density at radius 3 is 2.30 bits per heavy atom. The summed E-state index contributed by atoms with van der Waals surface area (Å²) < 4.78 is 6.24. The van der Waals surface area contributed by atoms with Crippen molar-refractivity contribution in [3.05, 3.63) is 50.9 Å². The lowest BCUT2D eigenvalue weighted by Gasteiger charge is -2.20. The van der Waals surface area contributed by atoms with Crippen LogP contribution in [-0.2, 0) is 0 Å². The van der Waals surface area contributed by atoms with Crippen molar-refractivity contribution in [2.75, 3.05) is 11.9 Å². The van der Waals surface area contributed by atoms with E-state index >= 15 is 0 Å². The van der Waals surface area contributed by atoms with Crippen molar-refractivity contribution in [2.45, 2.75) is 27.7 Å². The van der Waals surface area contributed by atoms with Crippen LogP contribution in [0.3, 0.4) is 0 Å². The number of carbonyl (C=O) groups excluding carboxylic acids is 1. The van der Waals surface area contributed by atoms with Crippen LogP contribution in [-0.4, -0.2) is 13.0 Å². The summed E-state index contributed by atoms with van der Waals surface area (Å²) in [5.41, 5.74) is 3.76. The summed E-state index contributed by atoms with van der Waals surface area (Å²) in [6, 6.07) is 6.05. The minimum atomic E-state index is -0.0711. The zero-order valence-corrected chi connectivity index (χ0v) is 14.0. The normalized spacial score (nSPS) is 10.7. The van der Waals surface area contributed by atoms with Crippen LogP contribution < -0.4 is 4.90 Å². The molecule has 0 aliphatic heterocycles. The lowest BCUT2D eigenvalue weighted by molar-refractivity contribution is 0.0991. The van der Waals surface area contributed by atoms with Crippen LogP contribution >= 0.6 is 15.9 Å². The van der Waals surface area contributed by atoms with Crippen molar-refractivity contribution in [2.24, 2.45) is 0 Å². The van der Waals surface area contributed by atoms with Crippen molar-refractivity contribution in [1.82, 2.24) is 0 Å². The van der Waals surface area contributed by atoms with Crippen LogP contribution in [0.25, 0.3) is 0 Å². The largest absolute Gasteiger partial charge is 0.465 e. The van der Waals surface area contributed by atoms with Crippen molar-refractivity contribution < 1.29 is 9.21 Å². The third kappa shape index (κ3) is 2.52. The second-order valence-electron chi connectivity index (χ2n) is 5.06. The Morgan fingerprint density at radius 2 is 1.80 bits per heavy atom. The molecule has 1 aromatic heterocycles. The van der Waals surface area contributed by atoms with Crippen LogP contribution in [0.1, 0.15) is 33.0 Å². The van der Waals surface area contributed by atoms with E-state index in [1.54, 1.807) is 18.9 Å². The van der Waals surface area contributed by atoms with E-state index in [0.717, 1.165) is 21.5 Å². The first-order valence-corrected chi connectivity index (χ1v) is 7.23. The number of nitrogens with zero attached hydrogens (tertiary/aromatic N) is 1. The molecule has 0 N–H and O–H groups in total. The van der Waals surface area contributed by atoms with Gasteiger partial charge in [-0.15, -0.1) is 0 Å². The monoisotopic (exact) mass is 335 g/mol. The molecule has 0 bridgehead atoms. The fraction of sp³-hybridized carbons (Fsp3) is 0.312. The number of benzene rings is 1. The number of anilines is 1. The zero-order valence-electron chi connectivity index (χ0n) is 12.4. The number of carbonyl (C=O) groups is 1. The van der Waals surface area contributed by atoms with Crippen molar-refractivity contribution >= 4 is 27.5 Å². The predicted octanol–water partition coefficient (Wildman–Crippen LogP) is 4.55. The average molecular weight is 336 g/mol. The zero-order chi connectivity index (χ0) is 15.0. The molecule has 0 aliphatic carbocycles. The Morgan fingerprint density at radius 1 is 1.15 bits per heavy atom. The van der Waals surface area contributed by atoms with E-state index in [2.05, 4.69) is 22.0 Å². The topological polar surface area (TPSA) is 33.5 Å². The molecular weight excluding hydrogens is 318 g/mol. The predicted molar refractivity (Wildman–Crippen MR) is 84.5 cm³/mol. The molecule has 20 heavy (non-hydrogen) atoms. The molecule has 0 fully saturated rings. The molecule has 1 amide bonds. The average Bonchev–Trinajstić information content (AvgIpc) is 2.62. The highest BCUT2D eigenvalue weighted by Gasteiger charge is 2.24. The standard InChI is InChI=1S/C16H18BrNO2/c1-9-6-7-13(10(2)8-9)18(5)16(19)14-11(3)20-12(4)15(14)17/h6-8H,1-5H3. The molecule has 3 nitrogen and oxygen atoms in total. The molecular formula is C16H18BrNO2. The van der Waals surface area contributed by atoms with Gasteiger partial charge in [0.2, 0.25) is 0 Å². The van der Waals surface area contributed by atoms with Gasteiger partial charge in [0.25, 0.3) is 5.91 Å². The number of hydrogen-bond donors (Lipinski definition) is 0. The van der Waals surface area contributed by atoms with Gasteiger partial charge in [0, 0.05) is 12.7 Å². The quantitative estimate of drug-likeness (QED) is 0.806. The number of amides is 1. The van der Waals surface area contributed by atoms with Gasteiger partial charge in [0.15, 0.2) is 0 Å². The van der Waals surface area contributed by atoms with Gasteiger partial charge in [-0.25, -0.2) is 0 Å². The fourth-order valence-corrected chi connectivity index (χ4v) is 2.89. The highest BCUT2D eigenvalue weighted by molar-refractivity contribution is 9.10. The maximum absolute atomic E-state index is 12.7. The van der Waals surface area contributed by atoms with Crippen LogP contribution in [0, 0.1) is 27.7 Å². The van der Waals surface area contributed by atoms with E-state index in [-0.39, 0.29) is 5.91 Å². The molecule has 0 spiro atoms. The SMILES string of the molecule is Cc1ccc(N(C)C(=O)c2c(C)oc(C)c2Br)c(C)c1. The molecule has 1 heterocycles. The van der Waals surface area contributed by atoms with Crippen molar-refractivity contribution in [1.29, 1.82) is 0 Å². The summed E-state index contributed by atoms with van der Waals surface area (Å²) in [6.07, 6.45) is 0. The Kier molecular flexibility index (Phi) is 4.04. The maximum Gasteiger partial charge on any atom is 0.262 e. The molecule has 0 saturated carbocycles. The number of hydrogen-bond acceptors (Lipinski definition) is 2. The fourth-order valence-electron chi connectivity index (χ4n) is 2.36. The molecule has 0 aliphatic rings. The highest BCUT2D eigenvalue weighted by Crippen LogP contribution is 2.30. The summed E-state index contributed by atoms with van der Waals surface area (Å²) in [7, 11) is 1.79. The number of aryl methyl sites for hydroxylation is 4. The number of rotatable bonds is 2. The highest BCUT2D eigenvalue weighted by atomic mass is 79.9. The molecule has 0 unspecified atom stereocenters. The van der Waals surface area contributed by atoms with Gasteiger partial charge in [-0.1, -0.05) is 17.7 Å². The van der Waals surface area contributed by atoms with Crippen LogP contribution in [0.15, 0.2) is 27.1 Å². The van der Waals surface area contributed by atoms with Crippen LogP contribution in [0.5, 0.6) is 0 Å². The molecule has 0 atom stereocenters. The third-order valence-electron chi connectivity index (χ3n) is 3.42. The lowest BCUT2D eigenvalue weighted by Crippen LogP contribution is -2.27. The molecule has 4 heteroatoms. The summed E-state index contributed by atoms with van der Waals surface area (Å²) in [5, 5.41) is 0. The maximum atomic E-state index is 12.7. The van der Waals surface area contributed by atoms with E-state index in [1.165, 1.54) is 5.56 Å². The lowest BCUT2D eigenvalue weighted by atomic mass is 10.1. The van der Waals surface area contributed by atoms with Crippen molar-refractivity contribution in [3.63, 3.8) is 0 Å². The van der Waals surface area contributed by atoms with Gasteiger partial charge >= 0.3 is 0 Å². The van der Waals surface area contributed by atoms with Gasteiger partial charge in [-0.2, -0.15) is 0 Å². The summed E-state index contributed by atoms with van der Waals surface area (Å²) in [5.74, 6) is 1.29. The Balaban J connectivity index is 2.42. The molecule has 0 radical (unpaired) electrons. The van der Waals surface area contributed by atoms with E-state index in [9.17, 15) is 4.79 Å². The Hall–Kier alpha value is -1.55. The first-order chi connectivity index (χ1) is 9.32. The smallest absolute Gasteiger partial charge is 0.262 e. The minimum Gasteiger partial charge on any atom is -0.465 e. The van der Waals surface area contributed by atoms with E-state index in [1.807, 2.05) is 32.9 Å². The molecule has 2 aromatic rings. The molecule has 2 rings (SSSR count). The van der Waals surface area contributed by atoms with Gasteiger partial charge < -0.3 is 9.32 Å². The second kappa shape index (κ2) is 5.44. The minimum absolute atomic E-state index is 0.0711. The second-order valence-corrected chi connectivity index (χ2v) is 5.85. The third-order valence-corrected chi connectivity index (χ3v) is 4.37. The summed E-state index contributed by atoms with van der Waals surface area (Å²) in [6.45, 7) is 7.69. The van der Waals surface area contributed by atoms with Crippen molar-refractivity contribution in [3.8, 4) is 0 Å². The first-order valence-electron chi connectivity index (χ1n) is 6.43. The summed E-state index contributed by atoms with van der Waals surface area (Å²) in [4.78, 5) is 14.3. The molecule has 1 aromatic carbocycles.